The molecule has 0 atom stereocenters. The Kier molecular flexibility index (Phi) is 7.07. The lowest BCUT2D eigenvalue weighted by atomic mass is 9.90. The van der Waals surface area contributed by atoms with Gasteiger partial charge in [-0.25, -0.2) is 8.42 Å². The molecule has 0 aliphatic heterocycles. The van der Waals surface area contributed by atoms with Crippen LogP contribution >= 0.6 is 0 Å². The lowest BCUT2D eigenvalue weighted by molar-refractivity contribution is -0.115. The quantitative estimate of drug-likeness (QED) is 0.493. The molecule has 1 aliphatic carbocycles. The summed E-state index contributed by atoms with van der Waals surface area (Å²) in [5, 5.41) is 2.81. The van der Waals surface area contributed by atoms with Crippen LogP contribution in [0.2, 0.25) is 0 Å². The van der Waals surface area contributed by atoms with Gasteiger partial charge in [0.25, 0.3) is 10.0 Å². The van der Waals surface area contributed by atoms with Gasteiger partial charge in [-0.15, -0.1) is 0 Å². The van der Waals surface area contributed by atoms with Crippen molar-refractivity contribution in [2.75, 3.05) is 24.3 Å². The van der Waals surface area contributed by atoms with Crippen LogP contribution in [0.3, 0.4) is 0 Å². The highest BCUT2D eigenvalue weighted by molar-refractivity contribution is 7.92. The van der Waals surface area contributed by atoms with Gasteiger partial charge in [0.2, 0.25) is 5.91 Å². The number of benzene rings is 3. The standard InChI is InChI=1S/C26H28N2O5S/c1-32-24-10-6-5-9-22(24)28-34(30,31)21-13-14-25(33-2)23(17-21)27-26(29)16-18-11-12-19-7-3-4-8-20(19)15-18/h5-6,9-15,17,28H,3-4,7-8,16H2,1-2H3,(H,27,29). The number of carbonyl (C=O) groups is 1. The number of anilines is 2. The van der Waals surface area contributed by atoms with Gasteiger partial charge in [-0.3, -0.25) is 9.52 Å². The molecule has 4 rings (SSSR count). The van der Waals surface area contributed by atoms with Crippen LogP contribution in [0, 0.1) is 0 Å². The smallest absolute Gasteiger partial charge is 0.262 e. The molecule has 0 radical (unpaired) electrons. The number of hydrogen-bond donors (Lipinski definition) is 2. The van der Waals surface area contributed by atoms with Crippen molar-refractivity contribution in [3.8, 4) is 11.5 Å². The first kappa shape index (κ1) is 23.6. The van der Waals surface area contributed by atoms with Gasteiger partial charge in [-0.05, 0) is 72.7 Å². The third kappa shape index (κ3) is 5.34. The molecule has 0 bridgehead atoms. The van der Waals surface area contributed by atoms with Crippen LogP contribution in [0.15, 0.2) is 65.6 Å². The predicted octanol–water partition coefficient (Wildman–Crippen LogP) is 4.56. The molecule has 0 saturated carbocycles. The second-order valence-electron chi connectivity index (χ2n) is 8.20. The van der Waals surface area contributed by atoms with E-state index in [0.29, 0.717) is 17.2 Å². The summed E-state index contributed by atoms with van der Waals surface area (Å²) in [5.74, 6) is 0.523. The van der Waals surface area contributed by atoms with Crippen LogP contribution in [0.5, 0.6) is 11.5 Å². The first-order chi connectivity index (χ1) is 16.4. The number of para-hydroxylation sites is 2. The molecule has 3 aromatic rings. The molecule has 0 fully saturated rings. The van der Waals surface area contributed by atoms with Crippen LogP contribution in [0.4, 0.5) is 11.4 Å². The van der Waals surface area contributed by atoms with E-state index in [4.69, 9.17) is 9.47 Å². The molecule has 0 spiro atoms. The van der Waals surface area contributed by atoms with Crippen LogP contribution in [-0.4, -0.2) is 28.5 Å². The molecule has 0 heterocycles. The Morgan fingerprint density at radius 1 is 0.853 bits per heavy atom. The van der Waals surface area contributed by atoms with Crippen molar-refractivity contribution in [2.45, 2.75) is 37.0 Å². The summed E-state index contributed by atoms with van der Waals surface area (Å²) < 4.78 is 39.1. The predicted molar refractivity (Wildman–Crippen MR) is 132 cm³/mol. The third-order valence-electron chi connectivity index (χ3n) is 5.88. The highest BCUT2D eigenvalue weighted by Gasteiger charge is 2.20. The van der Waals surface area contributed by atoms with E-state index in [-0.39, 0.29) is 22.9 Å². The molecule has 34 heavy (non-hydrogen) atoms. The Balaban J connectivity index is 1.53. The lowest BCUT2D eigenvalue weighted by Gasteiger charge is -2.17. The van der Waals surface area contributed by atoms with Crippen molar-refractivity contribution < 1.29 is 22.7 Å². The first-order valence-electron chi connectivity index (χ1n) is 11.1. The molecule has 1 aliphatic rings. The molecule has 3 aromatic carbocycles. The van der Waals surface area contributed by atoms with Crippen LogP contribution in [-0.2, 0) is 34.1 Å². The average Bonchev–Trinajstić information content (AvgIpc) is 2.84. The molecule has 7 nitrogen and oxygen atoms in total. The van der Waals surface area contributed by atoms with E-state index in [1.807, 2.05) is 6.07 Å². The summed E-state index contributed by atoms with van der Waals surface area (Å²) in [6.07, 6.45) is 4.69. The Hall–Kier alpha value is -3.52. The van der Waals surface area contributed by atoms with Gasteiger partial charge < -0.3 is 14.8 Å². The number of nitrogens with one attached hydrogen (secondary N) is 2. The highest BCUT2D eigenvalue weighted by atomic mass is 32.2. The van der Waals surface area contributed by atoms with E-state index in [1.54, 1.807) is 24.3 Å². The molecular formula is C26H28N2O5S. The second-order valence-corrected chi connectivity index (χ2v) is 9.89. The van der Waals surface area contributed by atoms with Crippen molar-refractivity contribution in [2.24, 2.45) is 0 Å². The molecule has 8 heteroatoms. The molecule has 2 N–H and O–H groups in total. The van der Waals surface area contributed by atoms with Crippen LogP contribution in [0.1, 0.15) is 29.5 Å². The number of hydrogen-bond acceptors (Lipinski definition) is 5. The largest absolute Gasteiger partial charge is 0.495 e. The van der Waals surface area contributed by atoms with Crippen LogP contribution in [0.25, 0.3) is 0 Å². The zero-order valence-electron chi connectivity index (χ0n) is 19.3. The summed E-state index contributed by atoms with van der Waals surface area (Å²) in [4.78, 5) is 12.8. The minimum absolute atomic E-state index is 0.0108. The normalized spacial score (nSPS) is 13.0. The van der Waals surface area contributed by atoms with Gasteiger partial charge in [-0.1, -0.05) is 30.3 Å². The molecule has 1 amide bonds. The SMILES string of the molecule is COc1ccc(S(=O)(=O)Nc2ccccc2OC)cc1NC(=O)Cc1ccc2c(c1)CCCC2. The number of sulfonamides is 1. The van der Waals surface area contributed by atoms with Gasteiger partial charge in [0.1, 0.15) is 11.5 Å². The minimum atomic E-state index is -3.94. The zero-order valence-corrected chi connectivity index (χ0v) is 20.1. The maximum absolute atomic E-state index is 13.0. The molecule has 178 valence electrons. The van der Waals surface area contributed by atoms with Crippen molar-refractivity contribution >= 4 is 27.3 Å². The topological polar surface area (TPSA) is 93.7 Å². The van der Waals surface area contributed by atoms with E-state index in [1.165, 1.54) is 56.4 Å². The molecule has 0 aromatic heterocycles. The summed E-state index contributed by atoms with van der Waals surface area (Å²) in [7, 11) is -0.998. The van der Waals surface area contributed by atoms with E-state index in [9.17, 15) is 13.2 Å². The number of amides is 1. The van der Waals surface area contributed by atoms with E-state index in [0.717, 1.165) is 18.4 Å². The van der Waals surface area contributed by atoms with Crippen LogP contribution < -0.4 is 19.5 Å². The number of aryl methyl sites for hydroxylation is 2. The Labute approximate surface area is 200 Å². The molecule has 0 saturated heterocycles. The summed E-state index contributed by atoms with van der Waals surface area (Å²) in [5.41, 5.74) is 4.20. The second kappa shape index (κ2) is 10.2. The number of rotatable bonds is 8. The van der Waals surface area contributed by atoms with Gasteiger partial charge in [-0.2, -0.15) is 0 Å². The van der Waals surface area contributed by atoms with Crippen molar-refractivity contribution in [3.63, 3.8) is 0 Å². The minimum Gasteiger partial charge on any atom is -0.495 e. The zero-order chi connectivity index (χ0) is 24.1. The number of fused-ring (bicyclic) bond motifs is 1. The lowest BCUT2D eigenvalue weighted by Crippen LogP contribution is -2.17. The van der Waals surface area contributed by atoms with E-state index < -0.39 is 10.0 Å². The maximum atomic E-state index is 13.0. The van der Waals surface area contributed by atoms with Crippen molar-refractivity contribution in [3.05, 3.63) is 77.4 Å². The fraction of sp³-hybridized carbons (Fsp3) is 0.269. The summed E-state index contributed by atoms with van der Waals surface area (Å²) in [6.45, 7) is 0. The maximum Gasteiger partial charge on any atom is 0.262 e. The van der Waals surface area contributed by atoms with Gasteiger partial charge in [0, 0.05) is 0 Å². The third-order valence-corrected chi connectivity index (χ3v) is 7.25. The Bertz CT molecular complexity index is 1300. The monoisotopic (exact) mass is 480 g/mol. The number of carbonyl (C=O) groups excluding carboxylic acids is 1. The van der Waals surface area contributed by atoms with Crippen molar-refractivity contribution in [1.29, 1.82) is 0 Å². The molecule has 0 unspecified atom stereocenters. The van der Waals surface area contributed by atoms with Gasteiger partial charge in [0.15, 0.2) is 0 Å². The van der Waals surface area contributed by atoms with E-state index >= 15 is 0 Å². The number of ether oxygens (including phenoxy) is 2. The fourth-order valence-electron chi connectivity index (χ4n) is 4.16. The molecular weight excluding hydrogens is 452 g/mol. The fourth-order valence-corrected chi connectivity index (χ4v) is 5.26. The number of methoxy groups -OCH3 is 2. The van der Waals surface area contributed by atoms with Crippen molar-refractivity contribution in [1.82, 2.24) is 0 Å². The van der Waals surface area contributed by atoms with Gasteiger partial charge >= 0.3 is 0 Å². The summed E-state index contributed by atoms with van der Waals surface area (Å²) >= 11 is 0. The summed E-state index contributed by atoms with van der Waals surface area (Å²) in [6, 6.07) is 17.3. The Morgan fingerprint density at radius 2 is 1.56 bits per heavy atom. The highest BCUT2D eigenvalue weighted by Crippen LogP contribution is 2.31. The van der Waals surface area contributed by atoms with Gasteiger partial charge in [0.05, 0.1) is 36.9 Å². The Morgan fingerprint density at radius 3 is 2.32 bits per heavy atom. The average molecular weight is 481 g/mol. The van der Waals surface area contributed by atoms with E-state index in [2.05, 4.69) is 22.2 Å². The first-order valence-corrected chi connectivity index (χ1v) is 12.6.